The monoisotopic (exact) mass is 183 g/mol. The van der Waals surface area contributed by atoms with Crippen molar-refractivity contribution in [1.29, 1.82) is 0 Å². The molecule has 2 N–H and O–H groups in total. The maximum absolute atomic E-state index is 11.2. The molecule has 0 fully saturated rings. The SMILES string of the molecule is CNCCCNC(=O)c1cocn1. The number of oxazole rings is 1. The van der Waals surface area contributed by atoms with Crippen molar-refractivity contribution in [2.24, 2.45) is 0 Å². The average molecular weight is 183 g/mol. The summed E-state index contributed by atoms with van der Waals surface area (Å²) in [5.74, 6) is -0.190. The number of nitrogens with one attached hydrogen (secondary N) is 2. The Morgan fingerprint density at radius 3 is 3.08 bits per heavy atom. The van der Waals surface area contributed by atoms with E-state index >= 15 is 0 Å². The largest absolute Gasteiger partial charge is 0.451 e. The molecule has 72 valence electrons. The molecule has 5 heteroatoms. The Balaban J connectivity index is 2.19. The lowest BCUT2D eigenvalue weighted by Gasteiger charge is -2.01. The van der Waals surface area contributed by atoms with Crippen molar-refractivity contribution in [2.75, 3.05) is 20.1 Å². The van der Waals surface area contributed by atoms with Crippen LogP contribution in [0.3, 0.4) is 0 Å². The third-order valence-corrected chi connectivity index (χ3v) is 1.55. The van der Waals surface area contributed by atoms with Crippen LogP contribution in [-0.2, 0) is 0 Å². The van der Waals surface area contributed by atoms with Crippen LogP contribution in [0, 0.1) is 0 Å². The highest BCUT2D eigenvalue weighted by atomic mass is 16.3. The average Bonchev–Trinajstić information content (AvgIpc) is 2.65. The Hall–Kier alpha value is -1.36. The Labute approximate surface area is 76.5 Å². The van der Waals surface area contributed by atoms with Gasteiger partial charge in [-0.3, -0.25) is 4.79 Å². The zero-order valence-corrected chi connectivity index (χ0v) is 7.54. The topological polar surface area (TPSA) is 67.2 Å². The summed E-state index contributed by atoms with van der Waals surface area (Å²) in [4.78, 5) is 14.9. The highest BCUT2D eigenvalue weighted by Crippen LogP contribution is 1.92. The molecule has 0 radical (unpaired) electrons. The van der Waals surface area contributed by atoms with Crippen molar-refractivity contribution in [3.8, 4) is 0 Å². The summed E-state index contributed by atoms with van der Waals surface area (Å²) in [7, 11) is 1.87. The van der Waals surface area contributed by atoms with Crippen molar-refractivity contribution < 1.29 is 9.21 Å². The van der Waals surface area contributed by atoms with Crippen LogP contribution in [0.25, 0.3) is 0 Å². The second-order valence-corrected chi connectivity index (χ2v) is 2.59. The number of hydrogen-bond acceptors (Lipinski definition) is 4. The highest BCUT2D eigenvalue weighted by Gasteiger charge is 2.06. The standard InChI is InChI=1S/C8H13N3O2/c1-9-3-2-4-10-8(12)7-5-13-6-11-7/h5-6,9H,2-4H2,1H3,(H,10,12). The Bertz CT molecular complexity index is 246. The van der Waals surface area contributed by atoms with Gasteiger partial charge >= 0.3 is 0 Å². The van der Waals surface area contributed by atoms with E-state index in [1.54, 1.807) is 0 Å². The maximum atomic E-state index is 11.2. The number of rotatable bonds is 5. The highest BCUT2D eigenvalue weighted by molar-refractivity contribution is 5.91. The van der Waals surface area contributed by atoms with E-state index in [1.807, 2.05) is 7.05 Å². The molecule has 0 aliphatic heterocycles. The van der Waals surface area contributed by atoms with Gasteiger partial charge in [0.1, 0.15) is 6.26 Å². The molecule has 0 atom stereocenters. The third kappa shape index (κ3) is 3.25. The maximum Gasteiger partial charge on any atom is 0.273 e. The number of carbonyl (C=O) groups is 1. The van der Waals surface area contributed by atoms with Crippen LogP contribution in [0.15, 0.2) is 17.1 Å². The van der Waals surface area contributed by atoms with E-state index in [4.69, 9.17) is 0 Å². The summed E-state index contributed by atoms with van der Waals surface area (Å²) >= 11 is 0. The lowest BCUT2D eigenvalue weighted by molar-refractivity contribution is 0.0948. The molecular formula is C8H13N3O2. The summed E-state index contributed by atoms with van der Waals surface area (Å²) in [5, 5.41) is 5.71. The van der Waals surface area contributed by atoms with Gasteiger partial charge in [-0.05, 0) is 20.0 Å². The molecule has 0 saturated heterocycles. The van der Waals surface area contributed by atoms with Crippen molar-refractivity contribution in [3.05, 3.63) is 18.4 Å². The van der Waals surface area contributed by atoms with Crippen LogP contribution in [0.2, 0.25) is 0 Å². The van der Waals surface area contributed by atoms with Gasteiger partial charge in [0.2, 0.25) is 0 Å². The molecule has 0 aliphatic rings. The molecule has 0 aliphatic carbocycles. The second-order valence-electron chi connectivity index (χ2n) is 2.59. The predicted octanol–water partition coefficient (Wildman–Crippen LogP) is 0.0139. The number of aromatic nitrogens is 1. The lowest BCUT2D eigenvalue weighted by Crippen LogP contribution is -2.26. The van der Waals surface area contributed by atoms with E-state index in [0.29, 0.717) is 12.2 Å². The molecule has 1 aromatic rings. The fourth-order valence-electron chi connectivity index (χ4n) is 0.882. The Morgan fingerprint density at radius 2 is 2.46 bits per heavy atom. The minimum absolute atomic E-state index is 0.190. The first-order valence-electron chi connectivity index (χ1n) is 4.15. The molecule has 0 unspecified atom stereocenters. The van der Waals surface area contributed by atoms with Crippen LogP contribution >= 0.6 is 0 Å². The van der Waals surface area contributed by atoms with Gasteiger partial charge < -0.3 is 15.1 Å². The molecule has 0 aromatic carbocycles. The molecule has 1 heterocycles. The summed E-state index contributed by atoms with van der Waals surface area (Å²) in [5.41, 5.74) is 0.324. The molecule has 5 nitrogen and oxygen atoms in total. The van der Waals surface area contributed by atoms with E-state index in [2.05, 4.69) is 20.0 Å². The third-order valence-electron chi connectivity index (χ3n) is 1.55. The van der Waals surface area contributed by atoms with Crippen LogP contribution < -0.4 is 10.6 Å². The van der Waals surface area contributed by atoms with Crippen molar-refractivity contribution >= 4 is 5.91 Å². The van der Waals surface area contributed by atoms with E-state index in [1.165, 1.54) is 12.7 Å². The second kappa shape index (κ2) is 5.31. The van der Waals surface area contributed by atoms with Crippen LogP contribution in [-0.4, -0.2) is 31.0 Å². The number of nitrogens with zero attached hydrogens (tertiary/aromatic N) is 1. The van der Waals surface area contributed by atoms with Crippen molar-refractivity contribution in [1.82, 2.24) is 15.6 Å². The number of carbonyl (C=O) groups excluding carboxylic acids is 1. The zero-order valence-electron chi connectivity index (χ0n) is 7.54. The van der Waals surface area contributed by atoms with Gasteiger partial charge in [-0.25, -0.2) is 4.98 Å². The molecule has 0 spiro atoms. The van der Waals surface area contributed by atoms with Crippen LogP contribution in [0.4, 0.5) is 0 Å². The predicted molar refractivity (Wildman–Crippen MR) is 47.4 cm³/mol. The lowest BCUT2D eigenvalue weighted by atomic mass is 10.4. The molecule has 13 heavy (non-hydrogen) atoms. The zero-order chi connectivity index (χ0) is 9.52. The van der Waals surface area contributed by atoms with Gasteiger partial charge in [-0.1, -0.05) is 0 Å². The van der Waals surface area contributed by atoms with Gasteiger partial charge in [-0.2, -0.15) is 0 Å². The quantitative estimate of drug-likeness (QED) is 0.631. The summed E-state index contributed by atoms with van der Waals surface area (Å²) in [6, 6.07) is 0. The van der Waals surface area contributed by atoms with Crippen molar-refractivity contribution in [2.45, 2.75) is 6.42 Å². The molecule has 0 saturated carbocycles. The summed E-state index contributed by atoms with van der Waals surface area (Å²) in [6.07, 6.45) is 3.47. The molecule has 0 bridgehead atoms. The van der Waals surface area contributed by atoms with Gasteiger partial charge in [-0.15, -0.1) is 0 Å². The smallest absolute Gasteiger partial charge is 0.273 e. The number of amides is 1. The van der Waals surface area contributed by atoms with Gasteiger partial charge in [0.05, 0.1) is 0 Å². The van der Waals surface area contributed by atoms with Gasteiger partial charge in [0.25, 0.3) is 5.91 Å². The van der Waals surface area contributed by atoms with Crippen molar-refractivity contribution in [3.63, 3.8) is 0 Å². The van der Waals surface area contributed by atoms with E-state index in [0.717, 1.165) is 13.0 Å². The fraction of sp³-hybridized carbons (Fsp3) is 0.500. The number of hydrogen-bond donors (Lipinski definition) is 2. The summed E-state index contributed by atoms with van der Waals surface area (Å²) in [6.45, 7) is 1.53. The first-order valence-corrected chi connectivity index (χ1v) is 4.15. The molecule has 1 aromatic heterocycles. The Kier molecular flexibility index (Phi) is 3.98. The fourth-order valence-corrected chi connectivity index (χ4v) is 0.882. The minimum atomic E-state index is -0.190. The van der Waals surface area contributed by atoms with E-state index in [-0.39, 0.29) is 5.91 Å². The van der Waals surface area contributed by atoms with E-state index in [9.17, 15) is 4.79 Å². The summed E-state index contributed by atoms with van der Waals surface area (Å²) < 4.78 is 4.68. The first kappa shape index (κ1) is 9.73. The Morgan fingerprint density at radius 1 is 1.62 bits per heavy atom. The van der Waals surface area contributed by atoms with Gasteiger partial charge in [0.15, 0.2) is 12.1 Å². The van der Waals surface area contributed by atoms with Crippen LogP contribution in [0.1, 0.15) is 16.9 Å². The van der Waals surface area contributed by atoms with Gasteiger partial charge in [0, 0.05) is 6.54 Å². The normalized spacial score (nSPS) is 9.92. The molecule has 1 rings (SSSR count). The first-order chi connectivity index (χ1) is 6.34. The molecule has 1 amide bonds. The van der Waals surface area contributed by atoms with Crippen LogP contribution in [0.5, 0.6) is 0 Å². The van der Waals surface area contributed by atoms with E-state index < -0.39 is 0 Å². The molecular weight excluding hydrogens is 170 g/mol. The minimum Gasteiger partial charge on any atom is -0.451 e.